The second-order valence-corrected chi connectivity index (χ2v) is 5.49. The first-order valence-corrected chi connectivity index (χ1v) is 7.29. The van der Waals surface area contributed by atoms with E-state index in [1.165, 1.54) is 6.42 Å². The van der Waals surface area contributed by atoms with Crippen LogP contribution in [0.15, 0.2) is 24.3 Å². The number of nitro benzene ring substituents is 1. The number of non-ortho nitro benzene ring substituents is 1. The summed E-state index contributed by atoms with van der Waals surface area (Å²) in [6.07, 6.45) is 5.07. The molecular formula is C15H22N2O3. The average Bonchev–Trinajstić information content (AvgIpc) is 2.46. The van der Waals surface area contributed by atoms with Crippen LogP contribution in [0, 0.1) is 16.0 Å². The Morgan fingerprint density at radius 2 is 1.95 bits per heavy atom. The SMILES string of the molecule is O=[N+]([O-])c1ccc(CCNCC2CCCCC2O)cc1. The second kappa shape index (κ2) is 7.36. The van der Waals surface area contributed by atoms with E-state index in [2.05, 4.69) is 5.32 Å². The first-order valence-electron chi connectivity index (χ1n) is 7.29. The quantitative estimate of drug-likeness (QED) is 0.475. The van der Waals surface area contributed by atoms with Gasteiger partial charge in [-0.25, -0.2) is 0 Å². The van der Waals surface area contributed by atoms with Crippen molar-refractivity contribution in [2.24, 2.45) is 5.92 Å². The summed E-state index contributed by atoms with van der Waals surface area (Å²) in [6, 6.07) is 6.69. The summed E-state index contributed by atoms with van der Waals surface area (Å²) < 4.78 is 0. The minimum atomic E-state index is -0.382. The van der Waals surface area contributed by atoms with Crippen molar-refractivity contribution < 1.29 is 10.0 Å². The largest absolute Gasteiger partial charge is 0.393 e. The maximum Gasteiger partial charge on any atom is 0.269 e. The molecule has 5 heteroatoms. The Kier molecular flexibility index (Phi) is 5.49. The van der Waals surface area contributed by atoms with E-state index in [0.29, 0.717) is 5.92 Å². The highest BCUT2D eigenvalue weighted by Crippen LogP contribution is 2.23. The lowest BCUT2D eigenvalue weighted by atomic mass is 9.86. The summed E-state index contributed by atoms with van der Waals surface area (Å²) in [5, 5.41) is 23.8. The topological polar surface area (TPSA) is 75.4 Å². The van der Waals surface area contributed by atoms with E-state index < -0.39 is 0 Å². The smallest absolute Gasteiger partial charge is 0.269 e. The molecule has 2 unspecified atom stereocenters. The first kappa shape index (κ1) is 14.9. The third-order valence-corrected chi connectivity index (χ3v) is 4.01. The van der Waals surface area contributed by atoms with Gasteiger partial charge < -0.3 is 10.4 Å². The Labute approximate surface area is 119 Å². The molecule has 110 valence electrons. The number of rotatable bonds is 6. The number of benzene rings is 1. The zero-order valence-corrected chi connectivity index (χ0v) is 11.6. The van der Waals surface area contributed by atoms with Crippen LogP contribution in [0.4, 0.5) is 5.69 Å². The molecular weight excluding hydrogens is 256 g/mol. The first-order chi connectivity index (χ1) is 9.66. The fraction of sp³-hybridized carbons (Fsp3) is 0.600. The molecule has 1 saturated carbocycles. The van der Waals surface area contributed by atoms with Crippen LogP contribution in [0.1, 0.15) is 31.2 Å². The zero-order chi connectivity index (χ0) is 14.4. The Bertz CT molecular complexity index is 433. The lowest BCUT2D eigenvalue weighted by Crippen LogP contribution is -2.34. The Morgan fingerprint density at radius 3 is 2.60 bits per heavy atom. The molecule has 2 rings (SSSR count). The molecule has 0 aliphatic heterocycles. The van der Waals surface area contributed by atoms with Gasteiger partial charge in [-0.1, -0.05) is 25.0 Å². The van der Waals surface area contributed by atoms with Crippen molar-refractivity contribution in [1.82, 2.24) is 5.32 Å². The summed E-state index contributed by atoms with van der Waals surface area (Å²) in [6.45, 7) is 1.69. The lowest BCUT2D eigenvalue weighted by molar-refractivity contribution is -0.384. The molecule has 2 atom stereocenters. The van der Waals surface area contributed by atoms with Crippen molar-refractivity contribution in [3.05, 3.63) is 39.9 Å². The maximum atomic E-state index is 10.5. The van der Waals surface area contributed by atoms with Crippen LogP contribution in [-0.4, -0.2) is 29.2 Å². The number of aliphatic hydroxyl groups is 1. The fourth-order valence-electron chi connectivity index (χ4n) is 2.73. The molecule has 0 bridgehead atoms. The van der Waals surface area contributed by atoms with Crippen LogP contribution in [0.25, 0.3) is 0 Å². The van der Waals surface area contributed by atoms with Crippen LogP contribution in [-0.2, 0) is 6.42 Å². The summed E-state index contributed by atoms with van der Waals surface area (Å²) in [7, 11) is 0. The normalized spacial score (nSPS) is 22.6. The van der Waals surface area contributed by atoms with Crippen molar-refractivity contribution in [2.75, 3.05) is 13.1 Å². The van der Waals surface area contributed by atoms with E-state index in [4.69, 9.17) is 0 Å². The number of nitrogens with one attached hydrogen (secondary N) is 1. The van der Waals surface area contributed by atoms with Gasteiger partial charge in [-0.05, 0) is 37.3 Å². The molecule has 1 aromatic carbocycles. The summed E-state index contributed by atoms with van der Waals surface area (Å²) in [5.74, 6) is 0.376. The van der Waals surface area contributed by atoms with Gasteiger partial charge in [-0.15, -0.1) is 0 Å². The summed E-state index contributed by atoms with van der Waals surface area (Å²) in [5.41, 5.74) is 1.22. The molecule has 2 N–H and O–H groups in total. The molecule has 0 saturated heterocycles. The minimum Gasteiger partial charge on any atom is -0.393 e. The van der Waals surface area contributed by atoms with Gasteiger partial charge in [0.2, 0.25) is 0 Å². The summed E-state index contributed by atoms with van der Waals surface area (Å²) in [4.78, 5) is 10.2. The third-order valence-electron chi connectivity index (χ3n) is 4.01. The second-order valence-electron chi connectivity index (χ2n) is 5.49. The van der Waals surface area contributed by atoms with Gasteiger partial charge in [0, 0.05) is 18.7 Å². The molecule has 20 heavy (non-hydrogen) atoms. The van der Waals surface area contributed by atoms with Crippen molar-refractivity contribution in [2.45, 2.75) is 38.2 Å². The number of hydrogen-bond donors (Lipinski definition) is 2. The van der Waals surface area contributed by atoms with Gasteiger partial charge in [-0.2, -0.15) is 0 Å². The van der Waals surface area contributed by atoms with Crippen LogP contribution in [0.5, 0.6) is 0 Å². The summed E-state index contributed by atoms with van der Waals surface area (Å²) >= 11 is 0. The highest BCUT2D eigenvalue weighted by atomic mass is 16.6. The van der Waals surface area contributed by atoms with Crippen molar-refractivity contribution in [3.63, 3.8) is 0 Å². The third kappa shape index (κ3) is 4.28. The Hall–Kier alpha value is -1.46. The van der Waals surface area contributed by atoms with Crippen LogP contribution in [0.2, 0.25) is 0 Å². The van der Waals surface area contributed by atoms with Gasteiger partial charge in [0.25, 0.3) is 5.69 Å². The standard InChI is InChI=1S/C15H22N2O3/c18-15-4-2-1-3-13(15)11-16-10-9-12-5-7-14(8-6-12)17(19)20/h5-8,13,15-16,18H,1-4,9-11H2. The molecule has 0 heterocycles. The van der Waals surface area contributed by atoms with Crippen molar-refractivity contribution >= 4 is 5.69 Å². The molecule has 5 nitrogen and oxygen atoms in total. The molecule has 0 spiro atoms. The predicted octanol–water partition coefficient (Wildman–Crippen LogP) is 2.28. The molecule has 0 amide bonds. The molecule has 0 radical (unpaired) electrons. The molecule has 0 aromatic heterocycles. The highest BCUT2D eigenvalue weighted by Gasteiger charge is 2.22. The fourth-order valence-corrected chi connectivity index (χ4v) is 2.73. The minimum absolute atomic E-state index is 0.132. The molecule has 1 fully saturated rings. The Balaban J connectivity index is 1.69. The van der Waals surface area contributed by atoms with E-state index in [0.717, 1.165) is 44.3 Å². The predicted molar refractivity (Wildman–Crippen MR) is 77.6 cm³/mol. The van der Waals surface area contributed by atoms with Gasteiger partial charge in [0.15, 0.2) is 0 Å². The van der Waals surface area contributed by atoms with E-state index in [-0.39, 0.29) is 16.7 Å². The van der Waals surface area contributed by atoms with E-state index in [1.54, 1.807) is 24.3 Å². The lowest BCUT2D eigenvalue weighted by Gasteiger charge is -2.27. The Morgan fingerprint density at radius 1 is 1.25 bits per heavy atom. The van der Waals surface area contributed by atoms with E-state index in [9.17, 15) is 15.2 Å². The van der Waals surface area contributed by atoms with E-state index in [1.807, 2.05) is 0 Å². The van der Waals surface area contributed by atoms with Crippen LogP contribution in [0.3, 0.4) is 0 Å². The highest BCUT2D eigenvalue weighted by molar-refractivity contribution is 5.32. The number of nitrogens with zero attached hydrogens (tertiary/aromatic N) is 1. The van der Waals surface area contributed by atoms with Gasteiger partial charge >= 0.3 is 0 Å². The number of aliphatic hydroxyl groups excluding tert-OH is 1. The maximum absolute atomic E-state index is 10.5. The van der Waals surface area contributed by atoms with E-state index >= 15 is 0 Å². The van der Waals surface area contributed by atoms with Gasteiger partial charge in [0.05, 0.1) is 11.0 Å². The molecule has 1 aliphatic rings. The zero-order valence-electron chi connectivity index (χ0n) is 11.6. The average molecular weight is 278 g/mol. The number of nitro groups is 1. The molecule has 1 aliphatic carbocycles. The van der Waals surface area contributed by atoms with Gasteiger partial charge in [-0.3, -0.25) is 10.1 Å². The number of hydrogen-bond acceptors (Lipinski definition) is 4. The molecule has 1 aromatic rings. The van der Waals surface area contributed by atoms with Gasteiger partial charge in [0.1, 0.15) is 0 Å². The monoisotopic (exact) mass is 278 g/mol. The van der Waals surface area contributed by atoms with Crippen molar-refractivity contribution in [3.8, 4) is 0 Å². The van der Waals surface area contributed by atoms with Crippen molar-refractivity contribution in [1.29, 1.82) is 0 Å². The van der Waals surface area contributed by atoms with Crippen LogP contribution >= 0.6 is 0 Å². The van der Waals surface area contributed by atoms with Crippen LogP contribution < -0.4 is 5.32 Å².